The maximum Gasteiger partial charge on any atom is 0.305 e. The number of hydrogen-bond donors (Lipinski definition) is 1. The molecular formula is C14H15NO4. The molecule has 100 valence electrons. The van der Waals surface area contributed by atoms with Gasteiger partial charge in [0, 0.05) is 0 Å². The van der Waals surface area contributed by atoms with Gasteiger partial charge in [-0.3, -0.25) is 14.4 Å². The summed E-state index contributed by atoms with van der Waals surface area (Å²) in [5.41, 5.74) is 1.80. The zero-order valence-corrected chi connectivity index (χ0v) is 10.6. The van der Waals surface area contributed by atoms with Gasteiger partial charge in [0.25, 0.3) is 0 Å². The zero-order valence-electron chi connectivity index (χ0n) is 10.6. The topological polar surface area (TPSA) is 74.7 Å². The van der Waals surface area contributed by atoms with Crippen molar-refractivity contribution in [3.05, 3.63) is 35.4 Å². The maximum absolute atomic E-state index is 11.8. The Hall–Kier alpha value is -2.17. The highest BCUT2D eigenvalue weighted by atomic mass is 16.4. The van der Waals surface area contributed by atoms with Crippen LogP contribution in [0.1, 0.15) is 30.0 Å². The van der Waals surface area contributed by atoms with E-state index >= 15 is 0 Å². The smallest absolute Gasteiger partial charge is 0.305 e. The Morgan fingerprint density at radius 3 is 2.42 bits per heavy atom. The van der Waals surface area contributed by atoms with Crippen molar-refractivity contribution in [3.63, 3.8) is 0 Å². The SMILES string of the molecule is Cc1ccc(C(CC(=O)O)N2CC(=O)CC2=O)cc1. The summed E-state index contributed by atoms with van der Waals surface area (Å²) in [6, 6.07) is 6.77. The van der Waals surface area contributed by atoms with Gasteiger partial charge in [-0.1, -0.05) is 29.8 Å². The van der Waals surface area contributed by atoms with Crippen molar-refractivity contribution < 1.29 is 19.5 Å². The van der Waals surface area contributed by atoms with Crippen LogP contribution in [0.4, 0.5) is 0 Å². The van der Waals surface area contributed by atoms with E-state index in [0.717, 1.165) is 11.1 Å². The summed E-state index contributed by atoms with van der Waals surface area (Å²) in [6.45, 7) is 1.94. The van der Waals surface area contributed by atoms with Gasteiger partial charge in [-0.05, 0) is 12.5 Å². The van der Waals surface area contributed by atoms with Crippen LogP contribution in [0.3, 0.4) is 0 Å². The van der Waals surface area contributed by atoms with Gasteiger partial charge in [-0.25, -0.2) is 0 Å². The molecule has 0 aliphatic carbocycles. The molecule has 0 radical (unpaired) electrons. The number of benzene rings is 1. The van der Waals surface area contributed by atoms with Crippen molar-refractivity contribution >= 4 is 17.7 Å². The molecule has 0 bridgehead atoms. The Labute approximate surface area is 110 Å². The molecule has 0 saturated carbocycles. The van der Waals surface area contributed by atoms with E-state index in [1.165, 1.54) is 4.90 Å². The van der Waals surface area contributed by atoms with Crippen molar-refractivity contribution in [1.29, 1.82) is 0 Å². The average molecular weight is 261 g/mol. The van der Waals surface area contributed by atoms with E-state index in [-0.39, 0.29) is 31.1 Å². The molecular weight excluding hydrogens is 246 g/mol. The van der Waals surface area contributed by atoms with Gasteiger partial charge >= 0.3 is 5.97 Å². The van der Waals surface area contributed by atoms with Gasteiger partial charge < -0.3 is 10.0 Å². The highest BCUT2D eigenvalue weighted by Crippen LogP contribution is 2.28. The standard InChI is InChI=1S/C14H15NO4/c1-9-2-4-10(5-3-9)12(7-14(18)19)15-8-11(16)6-13(15)17/h2-5,12H,6-8H2,1H3,(H,18,19). The molecule has 1 aliphatic heterocycles. The molecule has 1 N–H and O–H groups in total. The first kappa shape index (κ1) is 13.3. The minimum Gasteiger partial charge on any atom is -0.481 e. The lowest BCUT2D eigenvalue weighted by atomic mass is 10.0. The monoisotopic (exact) mass is 261 g/mol. The van der Waals surface area contributed by atoms with Crippen LogP contribution >= 0.6 is 0 Å². The molecule has 0 spiro atoms. The van der Waals surface area contributed by atoms with Crippen molar-refractivity contribution in [2.24, 2.45) is 0 Å². The van der Waals surface area contributed by atoms with Gasteiger partial charge in [0.1, 0.15) is 0 Å². The fraction of sp³-hybridized carbons (Fsp3) is 0.357. The molecule has 1 heterocycles. The third-order valence-corrected chi connectivity index (χ3v) is 3.22. The molecule has 1 aliphatic rings. The highest BCUT2D eigenvalue weighted by molar-refractivity contribution is 6.05. The molecule has 1 saturated heterocycles. The Morgan fingerprint density at radius 2 is 1.95 bits per heavy atom. The van der Waals surface area contributed by atoms with Crippen LogP contribution in [0, 0.1) is 6.92 Å². The maximum atomic E-state index is 11.8. The number of ketones is 1. The highest BCUT2D eigenvalue weighted by Gasteiger charge is 2.34. The average Bonchev–Trinajstić information content (AvgIpc) is 2.66. The second-order valence-corrected chi connectivity index (χ2v) is 4.76. The fourth-order valence-electron chi connectivity index (χ4n) is 2.25. The second kappa shape index (κ2) is 5.22. The number of amides is 1. The molecule has 2 rings (SSSR count). The first-order chi connectivity index (χ1) is 8.97. The first-order valence-electron chi connectivity index (χ1n) is 6.07. The van der Waals surface area contributed by atoms with Gasteiger partial charge in [0.05, 0.1) is 25.4 Å². The van der Waals surface area contributed by atoms with Crippen LogP contribution < -0.4 is 0 Å². The lowest BCUT2D eigenvalue weighted by Gasteiger charge is -2.26. The van der Waals surface area contributed by atoms with Gasteiger partial charge in [0.15, 0.2) is 5.78 Å². The Bertz CT molecular complexity index is 521. The molecule has 19 heavy (non-hydrogen) atoms. The number of carbonyl (C=O) groups is 3. The van der Waals surface area contributed by atoms with Gasteiger partial charge in [0.2, 0.25) is 5.91 Å². The van der Waals surface area contributed by atoms with E-state index < -0.39 is 12.0 Å². The number of carbonyl (C=O) groups excluding carboxylic acids is 2. The molecule has 1 unspecified atom stereocenters. The predicted molar refractivity (Wildman–Crippen MR) is 67.5 cm³/mol. The van der Waals surface area contributed by atoms with Crippen LogP contribution in [0.5, 0.6) is 0 Å². The molecule has 1 aromatic carbocycles. The summed E-state index contributed by atoms with van der Waals surface area (Å²) >= 11 is 0. The van der Waals surface area contributed by atoms with Crippen LogP contribution in [-0.4, -0.2) is 34.2 Å². The number of rotatable bonds is 4. The summed E-state index contributed by atoms with van der Waals surface area (Å²) in [5.74, 6) is -1.44. The van der Waals surface area contributed by atoms with Crippen LogP contribution in [-0.2, 0) is 14.4 Å². The lowest BCUT2D eigenvalue weighted by Crippen LogP contribution is -2.32. The number of aryl methyl sites for hydroxylation is 1. The molecule has 1 atom stereocenters. The summed E-state index contributed by atoms with van der Waals surface area (Å²) in [4.78, 5) is 35.4. The van der Waals surface area contributed by atoms with E-state index in [4.69, 9.17) is 5.11 Å². The lowest BCUT2D eigenvalue weighted by molar-refractivity contribution is -0.140. The minimum atomic E-state index is -0.988. The number of carboxylic acids is 1. The number of Topliss-reactive ketones (excluding diaryl/α,β-unsaturated/α-hetero) is 1. The van der Waals surface area contributed by atoms with Crippen LogP contribution in [0.2, 0.25) is 0 Å². The molecule has 1 fully saturated rings. The van der Waals surface area contributed by atoms with Crippen LogP contribution in [0.25, 0.3) is 0 Å². The van der Waals surface area contributed by atoms with E-state index in [1.807, 2.05) is 19.1 Å². The fourth-order valence-corrected chi connectivity index (χ4v) is 2.25. The van der Waals surface area contributed by atoms with Crippen molar-refractivity contribution in [2.45, 2.75) is 25.8 Å². The first-order valence-corrected chi connectivity index (χ1v) is 6.07. The number of likely N-dealkylation sites (tertiary alicyclic amines) is 1. The van der Waals surface area contributed by atoms with Gasteiger partial charge in [-0.2, -0.15) is 0 Å². The number of nitrogens with zero attached hydrogens (tertiary/aromatic N) is 1. The van der Waals surface area contributed by atoms with Crippen molar-refractivity contribution in [3.8, 4) is 0 Å². The molecule has 5 nitrogen and oxygen atoms in total. The summed E-state index contributed by atoms with van der Waals surface area (Å²) < 4.78 is 0. The third-order valence-electron chi connectivity index (χ3n) is 3.22. The molecule has 5 heteroatoms. The molecule has 1 aromatic rings. The van der Waals surface area contributed by atoms with Gasteiger partial charge in [-0.15, -0.1) is 0 Å². The van der Waals surface area contributed by atoms with E-state index in [9.17, 15) is 14.4 Å². The van der Waals surface area contributed by atoms with E-state index in [1.54, 1.807) is 12.1 Å². The summed E-state index contributed by atoms with van der Waals surface area (Å²) in [7, 11) is 0. The van der Waals surface area contributed by atoms with Crippen molar-refractivity contribution in [2.75, 3.05) is 6.54 Å². The quantitative estimate of drug-likeness (QED) is 0.829. The Balaban J connectivity index is 2.30. The normalized spacial score (nSPS) is 16.8. The number of carboxylic acid groups (broad SMARTS) is 1. The predicted octanol–water partition coefficient (Wildman–Crippen LogP) is 1.31. The largest absolute Gasteiger partial charge is 0.481 e. The third kappa shape index (κ3) is 2.99. The van der Waals surface area contributed by atoms with E-state index in [0.29, 0.717) is 0 Å². The second-order valence-electron chi connectivity index (χ2n) is 4.76. The minimum absolute atomic E-state index is 0.00462. The Morgan fingerprint density at radius 1 is 1.32 bits per heavy atom. The zero-order chi connectivity index (χ0) is 14.0. The van der Waals surface area contributed by atoms with Crippen molar-refractivity contribution in [1.82, 2.24) is 4.90 Å². The van der Waals surface area contributed by atoms with Crippen LogP contribution in [0.15, 0.2) is 24.3 Å². The molecule has 1 amide bonds. The number of aliphatic carboxylic acids is 1. The number of hydrogen-bond acceptors (Lipinski definition) is 3. The molecule has 0 aromatic heterocycles. The summed E-state index contributed by atoms with van der Waals surface area (Å²) in [5, 5.41) is 8.99. The summed E-state index contributed by atoms with van der Waals surface area (Å²) in [6.07, 6.45) is -0.315. The van der Waals surface area contributed by atoms with E-state index in [2.05, 4.69) is 0 Å². The Kier molecular flexibility index (Phi) is 3.64.